The molecule has 1 aromatic rings. The molecule has 0 aromatic carbocycles. The van der Waals surface area contributed by atoms with Crippen LogP contribution in [0.1, 0.15) is 19.0 Å². The zero-order valence-electron chi connectivity index (χ0n) is 11.4. The number of hydrogen-bond acceptors (Lipinski definition) is 4. The molecule has 1 amide bonds. The SMILES string of the molecule is CC(=O)N(C)CCCNS(=O)(=O)c1cccnc1C. The second kappa shape index (κ2) is 6.63. The van der Waals surface area contributed by atoms with Crippen molar-refractivity contribution in [2.45, 2.75) is 25.2 Å². The molecule has 1 heterocycles. The molecule has 1 N–H and O–H groups in total. The first-order valence-corrected chi connectivity index (χ1v) is 7.46. The minimum Gasteiger partial charge on any atom is -0.346 e. The van der Waals surface area contributed by atoms with E-state index in [0.717, 1.165) is 0 Å². The van der Waals surface area contributed by atoms with E-state index < -0.39 is 10.0 Å². The van der Waals surface area contributed by atoms with E-state index in [9.17, 15) is 13.2 Å². The minimum atomic E-state index is -3.53. The van der Waals surface area contributed by atoms with Crippen molar-refractivity contribution in [2.75, 3.05) is 20.1 Å². The van der Waals surface area contributed by atoms with Crippen LogP contribution in [0.3, 0.4) is 0 Å². The van der Waals surface area contributed by atoms with E-state index in [0.29, 0.717) is 18.7 Å². The predicted octanol–water partition coefficient (Wildman–Crippen LogP) is 0.537. The van der Waals surface area contributed by atoms with E-state index in [-0.39, 0.29) is 17.3 Å². The number of amides is 1. The lowest BCUT2D eigenvalue weighted by Gasteiger charge is -2.14. The van der Waals surface area contributed by atoms with Gasteiger partial charge >= 0.3 is 0 Å². The molecule has 106 valence electrons. The largest absolute Gasteiger partial charge is 0.346 e. The molecule has 19 heavy (non-hydrogen) atoms. The third-order valence-corrected chi connectivity index (χ3v) is 4.34. The van der Waals surface area contributed by atoms with E-state index in [1.165, 1.54) is 13.0 Å². The lowest BCUT2D eigenvalue weighted by Crippen LogP contribution is -2.30. The Kier molecular flexibility index (Phi) is 5.44. The van der Waals surface area contributed by atoms with Crippen molar-refractivity contribution < 1.29 is 13.2 Å². The monoisotopic (exact) mass is 285 g/mol. The molecule has 0 atom stereocenters. The molecule has 0 bridgehead atoms. The summed E-state index contributed by atoms with van der Waals surface area (Å²) in [5, 5.41) is 0. The van der Waals surface area contributed by atoms with Gasteiger partial charge in [-0.05, 0) is 25.5 Å². The van der Waals surface area contributed by atoms with Crippen molar-refractivity contribution in [3.05, 3.63) is 24.0 Å². The molecule has 0 fully saturated rings. The van der Waals surface area contributed by atoms with Crippen LogP contribution < -0.4 is 4.72 Å². The Hall–Kier alpha value is -1.47. The van der Waals surface area contributed by atoms with Crippen LogP contribution in [0.5, 0.6) is 0 Å². The van der Waals surface area contributed by atoms with Gasteiger partial charge in [0.1, 0.15) is 4.90 Å². The molecule has 1 rings (SSSR count). The topological polar surface area (TPSA) is 79.4 Å². The van der Waals surface area contributed by atoms with Crippen LogP contribution in [0.25, 0.3) is 0 Å². The Morgan fingerprint density at radius 2 is 2.16 bits per heavy atom. The molecule has 0 saturated heterocycles. The van der Waals surface area contributed by atoms with Gasteiger partial charge in [0.25, 0.3) is 0 Å². The third-order valence-electron chi connectivity index (χ3n) is 2.75. The number of aryl methyl sites for hydroxylation is 1. The summed E-state index contributed by atoms with van der Waals surface area (Å²) in [5.41, 5.74) is 0.468. The van der Waals surface area contributed by atoms with Crippen molar-refractivity contribution >= 4 is 15.9 Å². The van der Waals surface area contributed by atoms with Crippen LogP contribution in [-0.4, -0.2) is 44.3 Å². The number of aromatic nitrogens is 1. The smallest absolute Gasteiger partial charge is 0.242 e. The van der Waals surface area contributed by atoms with Crippen molar-refractivity contribution in [2.24, 2.45) is 0 Å². The Bertz CT molecular complexity index is 543. The fourth-order valence-corrected chi connectivity index (χ4v) is 2.78. The van der Waals surface area contributed by atoms with E-state index in [1.807, 2.05) is 0 Å². The maximum Gasteiger partial charge on any atom is 0.242 e. The highest BCUT2D eigenvalue weighted by Crippen LogP contribution is 2.11. The van der Waals surface area contributed by atoms with E-state index in [2.05, 4.69) is 9.71 Å². The number of carbonyl (C=O) groups is 1. The molecule has 0 spiro atoms. The summed E-state index contributed by atoms with van der Waals surface area (Å²) in [6.07, 6.45) is 2.12. The Balaban J connectivity index is 2.53. The maximum atomic E-state index is 12.0. The van der Waals surface area contributed by atoms with E-state index >= 15 is 0 Å². The number of pyridine rings is 1. The maximum absolute atomic E-state index is 12.0. The molecule has 7 heteroatoms. The summed E-state index contributed by atoms with van der Waals surface area (Å²) in [5.74, 6) is -0.0361. The number of hydrogen-bond donors (Lipinski definition) is 1. The number of nitrogens with one attached hydrogen (secondary N) is 1. The first-order valence-electron chi connectivity index (χ1n) is 5.97. The van der Waals surface area contributed by atoms with Crippen LogP contribution >= 0.6 is 0 Å². The summed E-state index contributed by atoms with van der Waals surface area (Å²) in [6, 6.07) is 3.11. The standard InChI is InChI=1S/C12H19N3O3S/c1-10-12(6-4-7-13-10)19(17,18)14-8-5-9-15(3)11(2)16/h4,6-7,14H,5,8-9H2,1-3H3. The fraction of sp³-hybridized carbons (Fsp3) is 0.500. The normalized spacial score (nSPS) is 11.3. The average molecular weight is 285 g/mol. The third kappa shape index (κ3) is 4.60. The van der Waals surface area contributed by atoms with Crippen molar-refractivity contribution in [1.29, 1.82) is 0 Å². The number of sulfonamides is 1. The van der Waals surface area contributed by atoms with Crippen molar-refractivity contribution in [1.82, 2.24) is 14.6 Å². The first-order chi connectivity index (χ1) is 8.84. The zero-order valence-corrected chi connectivity index (χ0v) is 12.2. The van der Waals surface area contributed by atoms with Gasteiger partial charge in [0.05, 0.1) is 5.69 Å². The molecular weight excluding hydrogens is 266 g/mol. The second-order valence-corrected chi connectivity index (χ2v) is 6.01. The molecule has 0 aliphatic heterocycles. The van der Waals surface area contributed by atoms with Crippen LogP contribution in [0.15, 0.2) is 23.2 Å². The highest BCUT2D eigenvalue weighted by Gasteiger charge is 2.16. The summed E-state index contributed by atoms with van der Waals surface area (Å²) in [6.45, 7) is 3.93. The summed E-state index contributed by atoms with van der Waals surface area (Å²) in [4.78, 5) is 16.7. The van der Waals surface area contributed by atoms with Gasteiger partial charge in [-0.3, -0.25) is 9.78 Å². The van der Waals surface area contributed by atoms with Crippen molar-refractivity contribution in [3.63, 3.8) is 0 Å². The van der Waals surface area contributed by atoms with Crippen LogP contribution in [0, 0.1) is 6.92 Å². The molecule has 0 aliphatic rings. The molecule has 0 unspecified atom stereocenters. The van der Waals surface area contributed by atoms with Gasteiger partial charge < -0.3 is 4.90 Å². The van der Waals surface area contributed by atoms with E-state index in [4.69, 9.17) is 0 Å². The van der Waals surface area contributed by atoms with Crippen LogP contribution in [0.4, 0.5) is 0 Å². The highest BCUT2D eigenvalue weighted by molar-refractivity contribution is 7.89. The number of carbonyl (C=O) groups excluding carboxylic acids is 1. The lowest BCUT2D eigenvalue weighted by atomic mass is 10.4. The van der Waals surface area contributed by atoms with Gasteiger partial charge in [0, 0.05) is 33.3 Å². The van der Waals surface area contributed by atoms with Gasteiger partial charge in [0.15, 0.2) is 0 Å². The second-order valence-electron chi connectivity index (χ2n) is 4.28. The Morgan fingerprint density at radius 3 is 2.74 bits per heavy atom. The van der Waals surface area contributed by atoms with E-state index in [1.54, 1.807) is 31.1 Å². The van der Waals surface area contributed by atoms with Crippen molar-refractivity contribution in [3.8, 4) is 0 Å². The predicted molar refractivity (Wildman–Crippen MR) is 72.1 cm³/mol. The number of rotatable bonds is 6. The zero-order chi connectivity index (χ0) is 14.5. The summed E-state index contributed by atoms with van der Waals surface area (Å²) in [7, 11) is -1.84. The molecule has 1 aromatic heterocycles. The molecular formula is C12H19N3O3S. The van der Waals surface area contributed by atoms with Gasteiger partial charge in [-0.25, -0.2) is 13.1 Å². The lowest BCUT2D eigenvalue weighted by molar-refractivity contribution is -0.127. The Labute approximate surface area is 113 Å². The van der Waals surface area contributed by atoms with Crippen LogP contribution in [0.2, 0.25) is 0 Å². The Morgan fingerprint density at radius 1 is 1.47 bits per heavy atom. The minimum absolute atomic E-state index is 0.0361. The molecule has 0 saturated carbocycles. The fourth-order valence-electron chi connectivity index (χ4n) is 1.51. The quantitative estimate of drug-likeness (QED) is 0.774. The molecule has 6 nitrogen and oxygen atoms in total. The first kappa shape index (κ1) is 15.6. The highest BCUT2D eigenvalue weighted by atomic mass is 32.2. The number of nitrogens with zero attached hydrogens (tertiary/aromatic N) is 2. The summed E-state index contributed by atoms with van der Waals surface area (Å²) < 4.78 is 26.5. The van der Waals surface area contributed by atoms with Gasteiger partial charge in [-0.1, -0.05) is 0 Å². The molecule has 0 radical (unpaired) electrons. The van der Waals surface area contributed by atoms with Crippen LogP contribution in [-0.2, 0) is 14.8 Å². The average Bonchev–Trinajstić information content (AvgIpc) is 2.34. The van der Waals surface area contributed by atoms with Gasteiger partial charge in [0.2, 0.25) is 15.9 Å². The van der Waals surface area contributed by atoms with Gasteiger partial charge in [-0.15, -0.1) is 0 Å². The summed E-state index contributed by atoms with van der Waals surface area (Å²) >= 11 is 0. The molecule has 0 aliphatic carbocycles. The van der Waals surface area contributed by atoms with Gasteiger partial charge in [-0.2, -0.15) is 0 Å².